The van der Waals surface area contributed by atoms with Gasteiger partial charge in [-0.2, -0.15) is 0 Å². The van der Waals surface area contributed by atoms with Crippen LogP contribution in [-0.2, 0) is 0 Å². The van der Waals surface area contributed by atoms with Gasteiger partial charge >= 0.3 is 0 Å². The Hall–Kier alpha value is -1.77. The Kier molecular flexibility index (Phi) is 4.71. The fourth-order valence-corrected chi connectivity index (χ4v) is 2.16. The lowest BCUT2D eigenvalue weighted by atomic mass is 10.1. The van der Waals surface area contributed by atoms with Crippen LogP contribution in [0.15, 0.2) is 12.1 Å². The van der Waals surface area contributed by atoms with E-state index >= 15 is 0 Å². The standard InChI is InChI=1S/C14H16IN3O3/c1-7-11(15)13(16)18-14(17-7)8-5-9(19-2)12(21-4)10(6-8)20-3/h5-6H,1-4H3,(H2,16,17,18). The smallest absolute Gasteiger partial charge is 0.203 e. The molecule has 1 heterocycles. The molecule has 0 aliphatic carbocycles. The first-order chi connectivity index (χ1) is 10.0. The fraction of sp³-hybridized carbons (Fsp3) is 0.286. The van der Waals surface area contributed by atoms with Crippen LogP contribution in [0.5, 0.6) is 17.2 Å². The Morgan fingerprint density at radius 3 is 2.00 bits per heavy atom. The summed E-state index contributed by atoms with van der Waals surface area (Å²) >= 11 is 2.12. The van der Waals surface area contributed by atoms with Crippen LogP contribution in [0.1, 0.15) is 5.69 Å². The summed E-state index contributed by atoms with van der Waals surface area (Å²) in [5.74, 6) is 2.59. The highest BCUT2D eigenvalue weighted by Gasteiger charge is 2.16. The van der Waals surface area contributed by atoms with E-state index in [1.165, 1.54) is 0 Å². The second kappa shape index (κ2) is 6.33. The minimum atomic E-state index is 0.451. The highest BCUT2D eigenvalue weighted by molar-refractivity contribution is 14.1. The van der Waals surface area contributed by atoms with Gasteiger partial charge in [0.15, 0.2) is 17.3 Å². The van der Waals surface area contributed by atoms with Gasteiger partial charge in [-0.25, -0.2) is 9.97 Å². The lowest BCUT2D eigenvalue weighted by Gasteiger charge is -2.14. The number of halogens is 1. The SMILES string of the molecule is COc1cc(-c2nc(C)c(I)c(N)n2)cc(OC)c1OC. The summed E-state index contributed by atoms with van der Waals surface area (Å²) in [6.45, 7) is 1.89. The van der Waals surface area contributed by atoms with Gasteiger partial charge in [-0.05, 0) is 41.6 Å². The molecule has 7 heteroatoms. The quantitative estimate of drug-likeness (QED) is 0.794. The summed E-state index contributed by atoms with van der Waals surface area (Å²) in [7, 11) is 4.69. The minimum Gasteiger partial charge on any atom is -0.493 e. The number of ether oxygens (including phenoxy) is 3. The van der Waals surface area contributed by atoms with Gasteiger partial charge in [-0.1, -0.05) is 0 Å². The zero-order valence-electron chi connectivity index (χ0n) is 12.2. The molecule has 1 aromatic carbocycles. The third-order valence-electron chi connectivity index (χ3n) is 2.97. The van der Waals surface area contributed by atoms with Gasteiger partial charge in [-0.3, -0.25) is 0 Å². The van der Waals surface area contributed by atoms with E-state index < -0.39 is 0 Å². The predicted molar refractivity (Wildman–Crippen MR) is 89.0 cm³/mol. The average molecular weight is 401 g/mol. The largest absolute Gasteiger partial charge is 0.493 e. The van der Waals surface area contributed by atoms with E-state index in [0.29, 0.717) is 28.9 Å². The van der Waals surface area contributed by atoms with Gasteiger partial charge in [-0.15, -0.1) is 0 Å². The number of hydrogen-bond donors (Lipinski definition) is 1. The molecule has 112 valence electrons. The summed E-state index contributed by atoms with van der Waals surface area (Å²) in [5.41, 5.74) is 7.48. The number of nitrogens with zero attached hydrogens (tertiary/aromatic N) is 2. The van der Waals surface area contributed by atoms with Crippen molar-refractivity contribution in [2.75, 3.05) is 27.1 Å². The maximum absolute atomic E-state index is 5.91. The molecule has 0 amide bonds. The maximum atomic E-state index is 5.91. The fourth-order valence-electron chi connectivity index (χ4n) is 1.92. The third-order valence-corrected chi connectivity index (χ3v) is 4.30. The molecular formula is C14H16IN3O3. The summed E-state index contributed by atoms with van der Waals surface area (Å²) in [6.07, 6.45) is 0. The summed E-state index contributed by atoms with van der Waals surface area (Å²) < 4.78 is 16.8. The molecule has 0 atom stereocenters. The summed E-state index contributed by atoms with van der Waals surface area (Å²) in [6, 6.07) is 3.59. The van der Waals surface area contributed by atoms with Crippen LogP contribution in [0.25, 0.3) is 11.4 Å². The molecule has 6 nitrogen and oxygen atoms in total. The van der Waals surface area contributed by atoms with Gasteiger partial charge in [0.25, 0.3) is 0 Å². The molecule has 2 rings (SSSR count). The highest BCUT2D eigenvalue weighted by Crippen LogP contribution is 2.40. The first-order valence-electron chi connectivity index (χ1n) is 6.11. The van der Waals surface area contributed by atoms with Crippen LogP contribution in [-0.4, -0.2) is 31.3 Å². The number of hydrogen-bond acceptors (Lipinski definition) is 6. The van der Waals surface area contributed by atoms with Crippen LogP contribution >= 0.6 is 22.6 Å². The van der Waals surface area contributed by atoms with Gasteiger partial charge in [0.1, 0.15) is 5.82 Å². The predicted octanol–water partition coefficient (Wildman–Crippen LogP) is 2.66. The highest BCUT2D eigenvalue weighted by atomic mass is 127. The Balaban J connectivity index is 2.64. The molecule has 0 fully saturated rings. The molecule has 0 saturated heterocycles. The number of nitrogens with two attached hydrogens (primary N) is 1. The van der Waals surface area contributed by atoms with Crippen molar-refractivity contribution >= 4 is 28.4 Å². The zero-order chi connectivity index (χ0) is 15.6. The first kappa shape index (κ1) is 15.6. The van der Waals surface area contributed by atoms with Gasteiger partial charge in [0.05, 0.1) is 30.6 Å². The molecule has 2 N–H and O–H groups in total. The first-order valence-corrected chi connectivity index (χ1v) is 7.19. The number of nitrogen functional groups attached to an aromatic ring is 1. The lowest BCUT2D eigenvalue weighted by molar-refractivity contribution is 0.324. The van der Waals surface area contributed by atoms with Crippen molar-refractivity contribution in [3.05, 3.63) is 21.4 Å². The monoisotopic (exact) mass is 401 g/mol. The van der Waals surface area contributed by atoms with Crippen molar-refractivity contribution < 1.29 is 14.2 Å². The molecule has 1 aromatic heterocycles. The van der Waals surface area contributed by atoms with Crippen molar-refractivity contribution in [3.63, 3.8) is 0 Å². The molecule has 21 heavy (non-hydrogen) atoms. The van der Waals surface area contributed by atoms with Crippen molar-refractivity contribution in [1.82, 2.24) is 9.97 Å². The Morgan fingerprint density at radius 1 is 1.00 bits per heavy atom. The van der Waals surface area contributed by atoms with Crippen LogP contribution in [0.3, 0.4) is 0 Å². The maximum Gasteiger partial charge on any atom is 0.203 e. The third kappa shape index (κ3) is 2.97. The van der Waals surface area contributed by atoms with E-state index in [1.807, 2.05) is 6.92 Å². The Morgan fingerprint density at radius 2 is 1.57 bits per heavy atom. The van der Waals surface area contributed by atoms with Crippen molar-refractivity contribution in [3.8, 4) is 28.6 Å². The topological polar surface area (TPSA) is 79.5 Å². The van der Waals surface area contributed by atoms with E-state index in [-0.39, 0.29) is 0 Å². The number of aryl methyl sites for hydroxylation is 1. The van der Waals surface area contributed by atoms with Gasteiger partial charge < -0.3 is 19.9 Å². The van der Waals surface area contributed by atoms with E-state index in [2.05, 4.69) is 32.6 Å². The van der Waals surface area contributed by atoms with E-state index in [0.717, 1.165) is 14.8 Å². The van der Waals surface area contributed by atoms with Crippen molar-refractivity contribution in [2.24, 2.45) is 0 Å². The van der Waals surface area contributed by atoms with Gasteiger partial charge in [0.2, 0.25) is 5.75 Å². The zero-order valence-corrected chi connectivity index (χ0v) is 14.4. The van der Waals surface area contributed by atoms with E-state index in [1.54, 1.807) is 33.5 Å². The van der Waals surface area contributed by atoms with Crippen LogP contribution in [0.4, 0.5) is 5.82 Å². The second-order valence-electron chi connectivity index (χ2n) is 4.25. The van der Waals surface area contributed by atoms with Gasteiger partial charge in [0, 0.05) is 5.56 Å². The van der Waals surface area contributed by atoms with Crippen LogP contribution < -0.4 is 19.9 Å². The average Bonchev–Trinajstić information content (AvgIpc) is 2.50. The number of methoxy groups -OCH3 is 3. The van der Waals surface area contributed by atoms with Crippen LogP contribution in [0.2, 0.25) is 0 Å². The molecule has 0 bridgehead atoms. The summed E-state index contributed by atoms with van der Waals surface area (Å²) in [5, 5.41) is 0. The normalized spacial score (nSPS) is 10.3. The van der Waals surface area contributed by atoms with E-state index in [4.69, 9.17) is 19.9 Å². The molecular weight excluding hydrogens is 385 g/mol. The molecule has 0 aliphatic rings. The Bertz CT molecular complexity index is 628. The lowest BCUT2D eigenvalue weighted by Crippen LogP contribution is -2.03. The number of rotatable bonds is 4. The van der Waals surface area contributed by atoms with Crippen LogP contribution in [0, 0.1) is 10.5 Å². The molecule has 0 unspecified atom stereocenters. The minimum absolute atomic E-state index is 0.451. The second-order valence-corrected chi connectivity index (χ2v) is 5.32. The summed E-state index contributed by atoms with van der Waals surface area (Å²) in [4.78, 5) is 8.78. The number of anilines is 1. The molecule has 0 saturated carbocycles. The molecule has 2 aromatic rings. The molecule has 0 radical (unpaired) electrons. The van der Waals surface area contributed by atoms with Crippen molar-refractivity contribution in [2.45, 2.75) is 6.92 Å². The molecule has 0 spiro atoms. The van der Waals surface area contributed by atoms with Crippen molar-refractivity contribution in [1.29, 1.82) is 0 Å². The Labute approximate surface area is 136 Å². The molecule has 0 aliphatic heterocycles. The number of benzene rings is 1. The number of aromatic nitrogens is 2. The van der Waals surface area contributed by atoms with E-state index in [9.17, 15) is 0 Å².